The predicted octanol–water partition coefficient (Wildman–Crippen LogP) is 5.57. The molecule has 1 aliphatic carbocycles. The number of amides is 1. The molecule has 0 aliphatic heterocycles. The molecule has 1 aromatic heterocycles. The number of hydrogen-bond donors (Lipinski definition) is 3. The number of alkyl halides is 3. The highest BCUT2D eigenvalue weighted by Gasteiger charge is 2.34. The Kier molecular flexibility index (Phi) is 7.52. The van der Waals surface area contributed by atoms with Gasteiger partial charge >= 0.3 is 6.18 Å². The van der Waals surface area contributed by atoms with Gasteiger partial charge in [-0.1, -0.05) is 17.7 Å². The summed E-state index contributed by atoms with van der Waals surface area (Å²) < 4.78 is 80.0. The minimum atomic E-state index is -4.64. The number of benzene rings is 2. The van der Waals surface area contributed by atoms with E-state index in [0.29, 0.717) is 36.1 Å². The first-order chi connectivity index (χ1) is 17.3. The molecule has 1 saturated carbocycles. The van der Waals surface area contributed by atoms with E-state index in [1.807, 2.05) is 4.72 Å². The molecule has 2 aromatic carbocycles. The van der Waals surface area contributed by atoms with Crippen LogP contribution in [-0.2, 0) is 16.2 Å². The molecule has 4 rings (SSSR count). The van der Waals surface area contributed by atoms with Crippen molar-refractivity contribution in [3.05, 3.63) is 64.6 Å². The molecule has 0 saturated heterocycles. The number of fused-ring (bicyclic) bond motifs is 1. The molecule has 0 radical (unpaired) electrons. The normalized spacial score (nSPS) is 18.4. The molecule has 3 aromatic rings. The van der Waals surface area contributed by atoms with Crippen LogP contribution in [0.2, 0.25) is 5.02 Å². The summed E-state index contributed by atoms with van der Waals surface area (Å²) in [4.78, 5) is 16.5. The molecule has 1 aliphatic rings. The second-order valence-electron chi connectivity index (χ2n) is 8.93. The zero-order valence-corrected chi connectivity index (χ0v) is 21.1. The van der Waals surface area contributed by atoms with Crippen LogP contribution in [0.3, 0.4) is 0 Å². The van der Waals surface area contributed by atoms with Crippen molar-refractivity contribution in [3.8, 4) is 0 Å². The molecular formula is C24H23ClF4N4O3S. The van der Waals surface area contributed by atoms with Crippen molar-refractivity contribution in [1.29, 1.82) is 0 Å². The molecule has 7 nitrogen and oxygen atoms in total. The molecule has 0 spiro atoms. The van der Waals surface area contributed by atoms with Crippen LogP contribution in [0.15, 0.2) is 42.5 Å². The van der Waals surface area contributed by atoms with Crippen LogP contribution in [0.1, 0.15) is 41.7 Å². The topological polar surface area (TPSA) is 100 Å². The van der Waals surface area contributed by atoms with E-state index in [1.165, 1.54) is 36.4 Å². The van der Waals surface area contributed by atoms with Gasteiger partial charge in [0.15, 0.2) is 5.82 Å². The lowest BCUT2D eigenvalue weighted by atomic mass is 9.90. The molecule has 3 N–H and O–H groups in total. The first-order valence-corrected chi connectivity index (χ1v) is 13.6. The van der Waals surface area contributed by atoms with Gasteiger partial charge in [-0.3, -0.25) is 9.52 Å². The maximum atomic E-state index is 14.8. The molecule has 1 unspecified atom stereocenters. The van der Waals surface area contributed by atoms with Crippen molar-refractivity contribution in [2.24, 2.45) is 0 Å². The number of rotatable bonds is 6. The highest BCUT2D eigenvalue weighted by molar-refractivity contribution is 7.92. The Hall–Kier alpha value is -3.12. The first kappa shape index (κ1) is 26.9. The van der Waals surface area contributed by atoms with Gasteiger partial charge in [-0.2, -0.15) is 13.2 Å². The number of anilines is 2. The van der Waals surface area contributed by atoms with Gasteiger partial charge in [0.1, 0.15) is 5.69 Å². The van der Waals surface area contributed by atoms with Gasteiger partial charge in [-0.25, -0.2) is 17.8 Å². The van der Waals surface area contributed by atoms with E-state index in [9.17, 15) is 30.8 Å². The van der Waals surface area contributed by atoms with Crippen molar-refractivity contribution < 1.29 is 30.8 Å². The lowest BCUT2D eigenvalue weighted by molar-refractivity contribution is -0.140. The van der Waals surface area contributed by atoms with E-state index in [2.05, 4.69) is 15.6 Å². The van der Waals surface area contributed by atoms with Crippen LogP contribution in [-0.4, -0.2) is 37.6 Å². The van der Waals surface area contributed by atoms with Crippen molar-refractivity contribution in [3.63, 3.8) is 0 Å². The van der Waals surface area contributed by atoms with Gasteiger partial charge in [0, 0.05) is 28.2 Å². The average molecular weight is 559 g/mol. The Balaban J connectivity index is 1.52. The monoisotopic (exact) mass is 558 g/mol. The number of nitrogens with one attached hydrogen (secondary N) is 3. The van der Waals surface area contributed by atoms with Crippen molar-refractivity contribution in [2.45, 2.75) is 43.9 Å². The molecule has 13 heteroatoms. The number of aromatic nitrogens is 1. The van der Waals surface area contributed by atoms with E-state index in [1.54, 1.807) is 0 Å². The van der Waals surface area contributed by atoms with Crippen LogP contribution in [0.4, 0.5) is 28.9 Å². The molecule has 198 valence electrons. The summed E-state index contributed by atoms with van der Waals surface area (Å²) in [5, 5.41) is 6.69. The van der Waals surface area contributed by atoms with Gasteiger partial charge in [-0.15, -0.1) is 0 Å². The Morgan fingerprint density at radius 1 is 1.08 bits per heavy atom. The number of halogens is 5. The number of pyridine rings is 1. The van der Waals surface area contributed by atoms with E-state index in [-0.39, 0.29) is 34.5 Å². The van der Waals surface area contributed by atoms with Crippen LogP contribution < -0.4 is 15.4 Å². The Morgan fingerprint density at radius 3 is 2.51 bits per heavy atom. The van der Waals surface area contributed by atoms with Crippen LogP contribution >= 0.6 is 11.6 Å². The van der Waals surface area contributed by atoms with E-state index < -0.39 is 33.6 Å². The summed E-state index contributed by atoms with van der Waals surface area (Å²) in [5.74, 6) is -1.73. The van der Waals surface area contributed by atoms with Crippen molar-refractivity contribution in [2.75, 3.05) is 16.3 Å². The highest BCUT2D eigenvalue weighted by atomic mass is 35.5. The summed E-state index contributed by atoms with van der Waals surface area (Å²) >= 11 is 6.07. The molecule has 0 bridgehead atoms. The summed E-state index contributed by atoms with van der Waals surface area (Å²) in [6.45, 7) is 0. The lowest BCUT2D eigenvalue weighted by Gasteiger charge is -2.31. The number of carbonyl (C=O) groups excluding carboxylic acids is 1. The van der Waals surface area contributed by atoms with E-state index in [4.69, 9.17) is 11.6 Å². The second-order valence-corrected chi connectivity index (χ2v) is 11.1. The average Bonchev–Trinajstić information content (AvgIpc) is 2.79. The first-order valence-electron chi connectivity index (χ1n) is 11.3. The smallest absolute Gasteiger partial charge is 0.382 e. The zero-order valence-electron chi connectivity index (χ0n) is 19.5. The third kappa shape index (κ3) is 6.61. The fourth-order valence-electron chi connectivity index (χ4n) is 4.38. The molecule has 2 atom stereocenters. The Morgan fingerprint density at radius 2 is 1.81 bits per heavy atom. The van der Waals surface area contributed by atoms with Crippen molar-refractivity contribution in [1.82, 2.24) is 10.3 Å². The number of sulfonamides is 1. The minimum absolute atomic E-state index is 0.139. The van der Waals surface area contributed by atoms with E-state index >= 15 is 0 Å². The maximum absolute atomic E-state index is 14.8. The highest BCUT2D eigenvalue weighted by Crippen LogP contribution is 2.35. The maximum Gasteiger partial charge on any atom is 0.433 e. The summed E-state index contributed by atoms with van der Waals surface area (Å²) in [6.07, 6.45) is -1.51. The van der Waals surface area contributed by atoms with Crippen LogP contribution in [0.25, 0.3) is 10.9 Å². The van der Waals surface area contributed by atoms with Gasteiger partial charge in [0.05, 0.1) is 23.0 Å². The van der Waals surface area contributed by atoms with Crippen LogP contribution in [0, 0.1) is 5.82 Å². The van der Waals surface area contributed by atoms with Crippen molar-refractivity contribution >= 4 is 49.8 Å². The lowest BCUT2D eigenvalue weighted by Crippen LogP contribution is -2.42. The van der Waals surface area contributed by atoms with E-state index in [0.717, 1.165) is 12.3 Å². The molecular weight excluding hydrogens is 536 g/mol. The third-order valence-corrected chi connectivity index (χ3v) is 6.79. The molecule has 1 fully saturated rings. The Labute approximate surface area is 215 Å². The fourth-order valence-corrected chi connectivity index (χ4v) is 5.11. The fraction of sp³-hybridized carbons (Fsp3) is 0.333. The summed E-state index contributed by atoms with van der Waals surface area (Å²) in [7, 11) is -3.75. The van der Waals surface area contributed by atoms with Crippen LogP contribution in [0.5, 0.6) is 0 Å². The van der Waals surface area contributed by atoms with Gasteiger partial charge in [0.25, 0.3) is 5.91 Å². The second kappa shape index (κ2) is 10.3. The number of nitrogens with zero attached hydrogens (tertiary/aromatic N) is 1. The molecule has 37 heavy (non-hydrogen) atoms. The molecule has 1 amide bonds. The summed E-state index contributed by atoms with van der Waals surface area (Å²) in [6, 6.07) is 8.49. The predicted molar refractivity (Wildman–Crippen MR) is 134 cm³/mol. The van der Waals surface area contributed by atoms with Gasteiger partial charge < -0.3 is 10.6 Å². The molecule has 1 heterocycles. The zero-order chi connectivity index (χ0) is 27.0. The van der Waals surface area contributed by atoms with Gasteiger partial charge in [0.2, 0.25) is 10.0 Å². The minimum Gasteiger partial charge on any atom is -0.382 e. The SMILES string of the molecule is CS(=O)(=O)Nc1cccc(C(=O)NC2CCC[C@H](Nc3cc(C(F)(F)F)nc4ccc(Cl)cc34)C2)c1F. The number of hydrogen-bond acceptors (Lipinski definition) is 5. The quantitative estimate of drug-likeness (QED) is 0.343. The Bertz CT molecular complexity index is 1450. The summed E-state index contributed by atoms with van der Waals surface area (Å²) in [5.41, 5.74) is -1.35. The number of carbonyl (C=O) groups is 1. The largest absolute Gasteiger partial charge is 0.433 e. The third-order valence-electron chi connectivity index (χ3n) is 5.97. The standard InChI is InChI=1S/C24H23ClF4N4O3S/c1-37(35,36)33-19-7-3-6-16(22(19)26)23(34)31-15-5-2-4-14(11-15)30-20-12-21(24(27,28)29)32-18-9-8-13(25)10-17(18)20/h3,6-10,12,14-15,33H,2,4-5,11H2,1H3,(H,30,32)(H,31,34)/t14-,15?/m0/s1. The van der Waals surface area contributed by atoms with Gasteiger partial charge in [-0.05, 0) is 62.1 Å².